The van der Waals surface area contributed by atoms with Gasteiger partial charge in [0.2, 0.25) is 0 Å². The molecule has 0 saturated heterocycles. The van der Waals surface area contributed by atoms with Crippen molar-refractivity contribution >= 4 is 22.7 Å². The number of anilines is 2. The molecule has 0 spiro atoms. The largest absolute Gasteiger partial charge is 0.381 e. The van der Waals surface area contributed by atoms with Gasteiger partial charge in [0.25, 0.3) is 0 Å². The number of nitrogens with one attached hydrogen (secondary N) is 2. The van der Waals surface area contributed by atoms with Gasteiger partial charge in [-0.25, -0.2) is 8.78 Å². The summed E-state index contributed by atoms with van der Waals surface area (Å²) in [5.74, 6) is -1.65. The van der Waals surface area contributed by atoms with Crippen molar-refractivity contribution in [3.63, 3.8) is 0 Å². The van der Waals surface area contributed by atoms with Crippen LogP contribution in [0.25, 0.3) is 0 Å². The van der Waals surface area contributed by atoms with Gasteiger partial charge in [0.1, 0.15) is 0 Å². The van der Waals surface area contributed by atoms with Gasteiger partial charge in [0.15, 0.2) is 11.6 Å². The van der Waals surface area contributed by atoms with Crippen LogP contribution in [0.5, 0.6) is 0 Å². The van der Waals surface area contributed by atoms with Gasteiger partial charge >= 0.3 is 0 Å². The molecule has 1 unspecified atom stereocenters. The SMILES string of the molecule is Fc1ccc2c(c1F)NC(c1cccs1)CN2. The molecule has 0 fully saturated rings. The molecule has 1 atom stereocenters. The molecule has 5 heteroatoms. The van der Waals surface area contributed by atoms with Crippen molar-refractivity contribution in [2.24, 2.45) is 0 Å². The quantitative estimate of drug-likeness (QED) is 0.810. The van der Waals surface area contributed by atoms with E-state index >= 15 is 0 Å². The summed E-state index contributed by atoms with van der Waals surface area (Å²) in [5, 5.41) is 8.11. The third-order valence-corrected chi connectivity index (χ3v) is 3.78. The minimum absolute atomic E-state index is 0.0150. The summed E-state index contributed by atoms with van der Waals surface area (Å²) < 4.78 is 26.8. The van der Waals surface area contributed by atoms with Gasteiger partial charge in [-0.3, -0.25) is 0 Å². The molecule has 3 rings (SSSR count). The standard InChI is InChI=1S/C12H10F2N2S/c13-7-3-4-8-12(11(7)14)16-9(6-15-8)10-2-1-5-17-10/h1-5,9,15-16H,6H2. The van der Waals surface area contributed by atoms with E-state index in [1.807, 2.05) is 17.5 Å². The number of thiophene rings is 1. The van der Waals surface area contributed by atoms with Crippen LogP contribution in [0.15, 0.2) is 29.6 Å². The third-order valence-electron chi connectivity index (χ3n) is 2.80. The summed E-state index contributed by atoms with van der Waals surface area (Å²) in [7, 11) is 0. The van der Waals surface area contributed by atoms with E-state index in [9.17, 15) is 8.78 Å². The second-order valence-corrected chi connectivity index (χ2v) is 4.86. The van der Waals surface area contributed by atoms with Crippen molar-refractivity contribution < 1.29 is 8.78 Å². The highest BCUT2D eigenvalue weighted by molar-refractivity contribution is 7.10. The molecule has 1 aromatic carbocycles. The summed E-state index contributed by atoms with van der Waals surface area (Å²) >= 11 is 1.60. The lowest BCUT2D eigenvalue weighted by molar-refractivity contribution is 0.509. The lowest BCUT2D eigenvalue weighted by atomic mass is 10.1. The number of benzene rings is 1. The van der Waals surface area contributed by atoms with Gasteiger partial charge in [-0.2, -0.15) is 0 Å². The summed E-state index contributed by atoms with van der Waals surface area (Å²) in [6.07, 6.45) is 0. The molecule has 17 heavy (non-hydrogen) atoms. The van der Waals surface area contributed by atoms with Crippen LogP contribution in [0.2, 0.25) is 0 Å². The normalized spacial score (nSPS) is 18.1. The number of fused-ring (bicyclic) bond motifs is 1. The van der Waals surface area contributed by atoms with Gasteiger partial charge in [-0.05, 0) is 23.6 Å². The molecule has 1 aliphatic heterocycles. The highest BCUT2D eigenvalue weighted by Crippen LogP contribution is 2.35. The Balaban J connectivity index is 1.97. The second kappa shape index (κ2) is 4.00. The molecular formula is C12H10F2N2S. The van der Waals surface area contributed by atoms with Crippen LogP contribution >= 0.6 is 11.3 Å². The van der Waals surface area contributed by atoms with Gasteiger partial charge < -0.3 is 10.6 Å². The molecule has 2 nitrogen and oxygen atoms in total. The zero-order valence-electron chi connectivity index (χ0n) is 8.84. The molecule has 0 amide bonds. The fourth-order valence-electron chi connectivity index (χ4n) is 1.94. The Morgan fingerprint density at radius 2 is 2.12 bits per heavy atom. The van der Waals surface area contributed by atoms with Crippen LogP contribution in [-0.2, 0) is 0 Å². The van der Waals surface area contributed by atoms with E-state index < -0.39 is 11.6 Å². The Bertz CT molecular complexity index is 540. The molecule has 0 aliphatic carbocycles. The number of hydrogen-bond acceptors (Lipinski definition) is 3. The predicted molar refractivity (Wildman–Crippen MR) is 65.5 cm³/mol. The first kappa shape index (κ1) is 10.5. The topological polar surface area (TPSA) is 24.1 Å². The number of hydrogen-bond donors (Lipinski definition) is 2. The van der Waals surface area contributed by atoms with E-state index in [2.05, 4.69) is 10.6 Å². The highest BCUT2D eigenvalue weighted by atomic mass is 32.1. The van der Waals surface area contributed by atoms with Crippen molar-refractivity contribution in [2.45, 2.75) is 6.04 Å². The maximum atomic E-state index is 13.6. The first-order valence-corrected chi connectivity index (χ1v) is 6.15. The van der Waals surface area contributed by atoms with E-state index in [1.165, 1.54) is 0 Å². The second-order valence-electron chi connectivity index (χ2n) is 3.88. The van der Waals surface area contributed by atoms with Crippen LogP contribution in [0, 0.1) is 11.6 Å². The monoisotopic (exact) mass is 252 g/mol. The van der Waals surface area contributed by atoms with Crippen molar-refractivity contribution in [1.29, 1.82) is 0 Å². The van der Waals surface area contributed by atoms with E-state index in [0.29, 0.717) is 12.2 Å². The summed E-state index contributed by atoms with van der Waals surface area (Å²) in [5.41, 5.74) is 0.825. The molecular weight excluding hydrogens is 242 g/mol. The minimum atomic E-state index is -0.829. The van der Waals surface area contributed by atoms with Gasteiger partial charge in [-0.15, -0.1) is 11.3 Å². The van der Waals surface area contributed by atoms with E-state index in [4.69, 9.17) is 0 Å². The van der Waals surface area contributed by atoms with Gasteiger partial charge in [0, 0.05) is 11.4 Å². The zero-order chi connectivity index (χ0) is 11.8. The summed E-state index contributed by atoms with van der Waals surface area (Å²) in [6, 6.07) is 6.59. The minimum Gasteiger partial charge on any atom is -0.381 e. The molecule has 0 radical (unpaired) electrons. The highest BCUT2D eigenvalue weighted by Gasteiger charge is 2.23. The van der Waals surface area contributed by atoms with Gasteiger partial charge in [0.05, 0.1) is 17.4 Å². The molecule has 2 N–H and O–H groups in total. The maximum Gasteiger partial charge on any atom is 0.184 e. The molecule has 88 valence electrons. The lowest BCUT2D eigenvalue weighted by Crippen LogP contribution is -2.26. The Hall–Kier alpha value is -1.62. The van der Waals surface area contributed by atoms with Crippen LogP contribution in [0.4, 0.5) is 20.2 Å². The maximum absolute atomic E-state index is 13.6. The Morgan fingerprint density at radius 1 is 1.24 bits per heavy atom. The third kappa shape index (κ3) is 1.76. The van der Waals surface area contributed by atoms with Crippen LogP contribution in [-0.4, -0.2) is 6.54 Å². The Kier molecular flexibility index (Phi) is 2.48. The fraction of sp³-hybridized carbons (Fsp3) is 0.167. The van der Waals surface area contributed by atoms with Crippen molar-refractivity contribution in [3.05, 3.63) is 46.2 Å². The smallest absolute Gasteiger partial charge is 0.184 e. The number of halogens is 2. The van der Waals surface area contributed by atoms with E-state index in [0.717, 1.165) is 10.9 Å². The lowest BCUT2D eigenvalue weighted by Gasteiger charge is -2.28. The predicted octanol–water partition coefficient (Wildman–Crippen LogP) is 3.61. The molecule has 1 aliphatic rings. The van der Waals surface area contributed by atoms with E-state index in [-0.39, 0.29) is 11.7 Å². The molecule has 2 heterocycles. The summed E-state index contributed by atoms with van der Waals surface area (Å²) in [4.78, 5) is 1.10. The van der Waals surface area contributed by atoms with Gasteiger partial charge in [-0.1, -0.05) is 6.07 Å². The Labute approximate surface area is 101 Å². The van der Waals surface area contributed by atoms with Crippen molar-refractivity contribution in [1.82, 2.24) is 0 Å². The zero-order valence-corrected chi connectivity index (χ0v) is 9.65. The molecule has 2 aromatic rings. The van der Waals surface area contributed by atoms with Crippen molar-refractivity contribution in [3.8, 4) is 0 Å². The van der Waals surface area contributed by atoms with Crippen molar-refractivity contribution in [2.75, 3.05) is 17.2 Å². The first-order chi connectivity index (χ1) is 8.25. The molecule has 0 saturated carbocycles. The van der Waals surface area contributed by atoms with Crippen LogP contribution in [0.1, 0.15) is 10.9 Å². The number of rotatable bonds is 1. The summed E-state index contributed by atoms with van der Waals surface area (Å²) in [6.45, 7) is 0.665. The average Bonchev–Trinajstić information content (AvgIpc) is 2.87. The molecule has 1 aromatic heterocycles. The fourth-order valence-corrected chi connectivity index (χ4v) is 2.72. The van der Waals surface area contributed by atoms with E-state index in [1.54, 1.807) is 17.4 Å². The van der Waals surface area contributed by atoms with Crippen LogP contribution < -0.4 is 10.6 Å². The Morgan fingerprint density at radius 3 is 2.88 bits per heavy atom. The first-order valence-electron chi connectivity index (χ1n) is 5.27. The molecule has 0 bridgehead atoms. The average molecular weight is 252 g/mol. The van der Waals surface area contributed by atoms with Crippen LogP contribution in [0.3, 0.4) is 0 Å².